The summed E-state index contributed by atoms with van der Waals surface area (Å²) in [6.07, 6.45) is 5.84. The molecule has 0 radical (unpaired) electrons. The number of anilines is 2. The molecule has 5 heteroatoms. The molecule has 0 bridgehead atoms. The summed E-state index contributed by atoms with van der Waals surface area (Å²) in [5.74, 6) is 0.800. The van der Waals surface area contributed by atoms with Crippen molar-refractivity contribution >= 4 is 23.7 Å². The van der Waals surface area contributed by atoms with E-state index in [1.54, 1.807) is 6.20 Å². The van der Waals surface area contributed by atoms with Crippen molar-refractivity contribution in [2.75, 3.05) is 24.1 Å². The van der Waals surface area contributed by atoms with Crippen LogP contribution in [0.4, 0.5) is 11.5 Å². The first-order chi connectivity index (χ1) is 11.8. The topological polar surface area (TPSA) is 92.7 Å². The molecule has 122 valence electrons. The third kappa shape index (κ3) is 3.83. The fraction of sp³-hybridized carbons (Fsp3) is 0.105. The Balaban J connectivity index is 1.81. The van der Waals surface area contributed by atoms with Crippen molar-refractivity contribution < 1.29 is 0 Å². The summed E-state index contributed by atoms with van der Waals surface area (Å²) < 4.78 is 0. The highest BCUT2D eigenvalue weighted by molar-refractivity contribution is 5.76. The summed E-state index contributed by atoms with van der Waals surface area (Å²) >= 11 is 0. The summed E-state index contributed by atoms with van der Waals surface area (Å²) in [6, 6.07) is 16.0. The lowest BCUT2D eigenvalue weighted by Crippen LogP contribution is -2.13. The molecule has 0 spiro atoms. The monoisotopic (exact) mass is 319 g/mol. The Labute approximate surface area is 141 Å². The second-order valence-electron chi connectivity index (χ2n) is 5.44. The SMILES string of the molecule is NCCNc1[nH]c(-c2ccnc(/C=C/c3ccccc3)c2)cc1N. The first-order valence-corrected chi connectivity index (χ1v) is 7.88. The molecule has 2 aromatic heterocycles. The smallest absolute Gasteiger partial charge is 0.127 e. The standard InChI is InChI=1S/C19H21N5/c20-9-11-23-19-17(21)13-18(24-19)15-8-10-22-16(12-15)7-6-14-4-2-1-3-5-14/h1-8,10,12-13,23-24H,9,11,20-21H2/b7-6+. The number of nitrogens with one attached hydrogen (secondary N) is 2. The molecule has 0 saturated carbocycles. The first-order valence-electron chi connectivity index (χ1n) is 7.88. The number of nitrogens with zero attached hydrogens (tertiary/aromatic N) is 1. The number of aromatic nitrogens is 2. The molecule has 6 N–H and O–H groups in total. The van der Waals surface area contributed by atoms with Crippen LogP contribution in [0.2, 0.25) is 0 Å². The Kier molecular flexibility index (Phi) is 4.93. The first kappa shape index (κ1) is 15.8. The molecule has 0 saturated heterocycles. The maximum atomic E-state index is 6.03. The van der Waals surface area contributed by atoms with Crippen molar-refractivity contribution in [3.8, 4) is 11.3 Å². The van der Waals surface area contributed by atoms with Crippen molar-refractivity contribution in [1.29, 1.82) is 0 Å². The van der Waals surface area contributed by atoms with Gasteiger partial charge in [0.1, 0.15) is 5.82 Å². The van der Waals surface area contributed by atoms with Gasteiger partial charge in [-0.15, -0.1) is 0 Å². The van der Waals surface area contributed by atoms with Gasteiger partial charge >= 0.3 is 0 Å². The number of benzene rings is 1. The number of nitrogen functional groups attached to an aromatic ring is 1. The fourth-order valence-corrected chi connectivity index (χ4v) is 2.42. The van der Waals surface area contributed by atoms with Gasteiger partial charge in [0.05, 0.1) is 11.4 Å². The number of hydrogen-bond acceptors (Lipinski definition) is 4. The van der Waals surface area contributed by atoms with Gasteiger partial charge in [0.15, 0.2) is 0 Å². The third-order valence-electron chi connectivity index (χ3n) is 3.63. The van der Waals surface area contributed by atoms with Crippen LogP contribution in [0.5, 0.6) is 0 Å². The van der Waals surface area contributed by atoms with E-state index in [1.807, 2.05) is 48.6 Å². The minimum absolute atomic E-state index is 0.553. The molecule has 0 fully saturated rings. The lowest BCUT2D eigenvalue weighted by molar-refractivity contribution is 1.02. The van der Waals surface area contributed by atoms with Crippen LogP contribution < -0.4 is 16.8 Å². The van der Waals surface area contributed by atoms with Crippen LogP contribution in [0.15, 0.2) is 54.7 Å². The summed E-state index contributed by atoms with van der Waals surface area (Å²) in [5.41, 5.74) is 16.2. The Morgan fingerprint density at radius 3 is 2.71 bits per heavy atom. The molecule has 5 nitrogen and oxygen atoms in total. The maximum Gasteiger partial charge on any atom is 0.127 e. The summed E-state index contributed by atoms with van der Waals surface area (Å²) in [6.45, 7) is 1.23. The van der Waals surface area contributed by atoms with Crippen LogP contribution in [0.3, 0.4) is 0 Å². The number of H-pyrrole nitrogens is 1. The van der Waals surface area contributed by atoms with Gasteiger partial charge in [-0.1, -0.05) is 36.4 Å². The largest absolute Gasteiger partial charge is 0.396 e. The predicted octanol–water partition coefficient (Wildman–Crippen LogP) is 3.20. The van der Waals surface area contributed by atoms with Gasteiger partial charge in [-0.3, -0.25) is 4.98 Å². The van der Waals surface area contributed by atoms with Crippen molar-refractivity contribution in [3.05, 3.63) is 66.0 Å². The van der Waals surface area contributed by atoms with E-state index in [0.29, 0.717) is 18.8 Å². The summed E-state index contributed by atoms with van der Waals surface area (Å²) in [4.78, 5) is 7.68. The van der Waals surface area contributed by atoms with Gasteiger partial charge in [0.25, 0.3) is 0 Å². The molecular formula is C19H21N5. The zero-order chi connectivity index (χ0) is 16.8. The Bertz CT molecular complexity index is 821. The summed E-state index contributed by atoms with van der Waals surface area (Å²) in [5, 5.41) is 3.18. The average Bonchev–Trinajstić information content (AvgIpc) is 3.00. The normalized spacial score (nSPS) is 11.0. The van der Waals surface area contributed by atoms with Crippen LogP contribution >= 0.6 is 0 Å². The van der Waals surface area contributed by atoms with Crippen LogP contribution in [0.1, 0.15) is 11.3 Å². The van der Waals surface area contributed by atoms with Crippen molar-refractivity contribution in [2.24, 2.45) is 5.73 Å². The maximum absolute atomic E-state index is 6.03. The van der Waals surface area contributed by atoms with E-state index >= 15 is 0 Å². The van der Waals surface area contributed by atoms with E-state index in [9.17, 15) is 0 Å². The van der Waals surface area contributed by atoms with E-state index in [2.05, 4.69) is 27.4 Å². The zero-order valence-corrected chi connectivity index (χ0v) is 13.4. The van der Waals surface area contributed by atoms with E-state index < -0.39 is 0 Å². The highest BCUT2D eigenvalue weighted by Crippen LogP contribution is 2.27. The van der Waals surface area contributed by atoms with Gasteiger partial charge in [0, 0.05) is 30.5 Å². The minimum Gasteiger partial charge on any atom is -0.396 e. The molecule has 0 atom stereocenters. The molecule has 0 aliphatic carbocycles. The third-order valence-corrected chi connectivity index (χ3v) is 3.63. The number of hydrogen-bond donors (Lipinski definition) is 4. The second-order valence-corrected chi connectivity index (χ2v) is 5.44. The van der Waals surface area contributed by atoms with Gasteiger partial charge in [-0.2, -0.15) is 0 Å². The van der Waals surface area contributed by atoms with E-state index in [-0.39, 0.29) is 0 Å². The molecule has 0 unspecified atom stereocenters. The van der Waals surface area contributed by atoms with E-state index in [4.69, 9.17) is 11.5 Å². The molecule has 3 rings (SSSR count). The number of pyridine rings is 1. The Morgan fingerprint density at radius 2 is 1.92 bits per heavy atom. The molecule has 1 aromatic carbocycles. The molecule has 2 heterocycles. The minimum atomic E-state index is 0.553. The van der Waals surface area contributed by atoms with Gasteiger partial charge in [0.2, 0.25) is 0 Å². The highest BCUT2D eigenvalue weighted by atomic mass is 15.0. The number of rotatable bonds is 6. The molecular weight excluding hydrogens is 298 g/mol. The Morgan fingerprint density at radius 1 is 1.08 bits per heavy atom. The van der Waals surface area contributed by atoms with Crippen LogP contribution in [0, 0.1) is 0 Å². The van der Waals surface area contributed by atoms with E-state index in [0.717, 1.165) is 28.3 Å². The molecule has 3 aromatic rings. The lowest BCUT2D eigenvalue weighted by Gasteiger charge is -2.03. The molecule has 0 aliphatic heterocycles. The van der Waals surface area contributed by atoms with Crippen LogP contribution in [-0.4, -0.2) is 23.1 Å². The number of aromatic amines is 1. The van der Waals surface area contributed by atoms with Gasteiger partial charge in [-0.05, 0) is 29.8 Å². The molecule has 0 amide bonds. The van der Waals surface area contributed by atoms with Crippen LogP contribution in [0.25, 0.3) is 23.4 Å². The average molecular weight is 319 g/mol. The number of nitrogens with two attached hydrogens (primary N) is 2. The van der Waals surface area contributed by atoms with Gasteiger partial charge < -0.3 is 21.8 Å². The predicted molar refractivity (Wildman–Crippen MR) is 101 cm³/mol. The second kappa shape index (κ2) is 7.48. The van der Waals surface area contributed by atoms with Crippen molar-refractivity contribution in [1.82, 2.24) is 9.97 Å². The Hall–Kier alpha value is -3.05. The molecule has 24 heavy (non-hydrogen) atoms. The molecule has 0 aliphatic rings. The van der Waals surface area contributed by atoms with Crippen molar-refractivity contribution in [3.63, 3.8) is 0 Å². The summed E-state index contributed by atoms with van der Waals surface area (Å²) in [7, 11) is 0. The fourth-order valence-electron chi connectivity index (χ4n) is 2.42. The van der Waals surface area contributed by atoms with Crippen molar-refractivity contribution in [2.45, 2.75) is 0 Å². The van der Waals surface area contributed by atoms with E-state index in [1.165, 1.54) is 0 Å². The quantitative estimate of drug-likeness (QED) is 0.561. The highest BCUT2D eigenvalue weighted by Gasteiger charge is 2.07. The zero-order valence-electron chi connectivity index (χ0n) is 13.4. The lowest BCUT2D eigenvalue weighted by atomic mass is 10.1. The van der Waals surface area contributed by atoms with Gasteiger partial charge in [-0.25, -0.2) is 0 Å². The van der Waals surface area contributed by atoms with Crippen LogP contribution in [-0.2, 0) is 0 Å².